The van der Waals surface area contributed by atoms with Crippen LogP contribution in [0.4, 0.5) is 0 Å². The van der Waals surface area contributed by atoms with Gasteiger partial charge in [-0.3, -0.25) is 4.68 Å². The summed E-state index contributed by atoms with van der Waals surface area (Å²) in [5.74, 6) is 0.893. The molecular weight excluding hydrogens is 214 g/mol. The molecule has 0 saturated carbocycles. The van der Waals surface area contributed by atoms with E-state index >= 15 is 0 Å². The molecule has 0 spiro atoms. The van der Waals surface area contributed by atoms with Crippen LogP contribution < -0.4 is 10.1 Å². The molecule has 1 aromatic heterocycles. The first-order valence-electron chi connectivity index (χ1n) is 6.03. The monoisotopic (exact) mass is 231 g/mol. The van der Waals surface area contributed by atoms with E-state index in [9.17, 15) is 0 Å². The van der Waals surface area contributed by atoms with Gasteiger partial charge in [-0.2, -0.15) is 5.10 Å². The number of fused-ring (bicyclic) bond motifs is 1. The number of hydrogen-bond donors (Lipinski definition) is 1. The van der Waals surface area contributed by atoms with E-state index in [-0.39, 0.29) is 0 Å². The molecule has 0 aliphatic carbocycles. The summed E-state index contributed by atoms with van der Waals surface area (Å²) >= 11 is 0. The zero-order chi connectivity index (χ0) is 11.8. The Morgan fingerprint density at radius 2 is 2.35 bits per heavy atom. The Morgan fingerprint density at radius 1 is 1.47 bits per heavy atom. The number of aryl methyl sites for hydroxylation is 1. The maximum atomic E-state index is 5.26. The highest BCUT2D eigenvalue weighted by Crippen LogP contribution is 2.27. The van der Waals surface area contributed by atoms with Crippen molar-refractivity contribution in [1.29, 1.82) is 0 Å². The largest absolute Gasteiger partial charge is 0.497 e. The van der Waals surface area contributed by atoms with Crippen molar-refractivity contribution in [1.82, 2.24) is 15.1 Å². The molecule has 1 fully saturated rings. The number of nitrogens with one attached hydrogen (secondary N) is 1. The topological polar surface area (TPSA) is 39.1 Å². The van der Waals surface area contributed by atoms with Gasteiger partial charge in [0, 0.05) is 11.9 Å². The summed E-state index contributed by atoms with van der Waals surface area (Å²) in [6, 6.07) is 6.66. The lowest BCUT2D eigenvalue weighted by Gasteiger charge is -2.10. The van der Waals surface area contributed by atoms with Gasteiger partial charge < -0.3 is 10.1 Å². The third-order valence-corrected chi connectivity index (χ3v) is 3.48. The second kappa shape index (κ2) is 4.04. The van der Waals surface area contributed by atoms with Crippen molar-refractivity contribution in [3.05, 3.63) is 23.9 Å². The summed E-state index contributed by atoms with van der Waals surface area (Å²) in [6.07, 6.45) is 1.16. The number of ether oxygens (including phenoxy) is 1. The number of nitrogens with zero attached hydrogens (tertiary/aromatic N) is 2. The van der Waals surface area contributed by atoms with Gasteiger partial charge in [-0.1, -0.05) is 0 Å². The lowest BCUT2D eigenvalue weighted by Crippen LogP contribution is -2.14. The Balaban J connectivity index is 2.13. The third-order valence-electron chi connectivity index (χ3n) is 3.48. The number of benzene rings is 1. The molecule has 1 aliphatic heterocycles. The summed E-state index contributed by atoms with van der Waals surface area (Å²) < 4.78 is 7.42. The van der Waals surface area contributed by atoms with Crippen LogP contribution >= 0.6 is 0 Å². The van der Waals surface area contributed by atoms with Gasteiger partial charge in [0.25, 0.3) is 0 Å². The Morgan fingerprint density at radius 3 is 3.06 bits per heavy atom. The SMILES string of the molecule is COc1ccc2c(c1)c(C)nn2C1CCNC1. The van der Waals surface area contributed by atoms with Gasteiger partial charge in [-0.05, 0) is 38.1 Å². The van der Waals surface area contributed by atoms with Crippen molar-refractivity contribution in [2.24, 2.45) is 0 Å². The molecule has 1 aliphatic rings. The normalized spacial score (nSPS) is 20.0. The first-order chi connectivity index (χ1) is 8.29. The highest BCUT2D eigenvalue weighted by molar-refractivity contribution is 5.83. The fourth-order valence-corrected chi connectivity index (χ4v) is 2.53. The molecule has 2 heterocycles. The highest BCUT2D eigenvalue weighted by Gasteiger charge is 2.20. The minimum absolute atomic E-state index is 0.486. The second-order valence-corrected chi connectivity index (χ2v) is 4.56. The van der Waals surface area contributed by atoms with Gasteiger partial charge in [0.1, 0.15) is 5.75 Å². The molecule has 1 unspecified atom stereocenters. The molecular formula is C13H17N3O. The Hall–Kier alpha value is -1.55. The van der Waals surface area contributed by atoms with Crippen LogP contribution in [0, 0.1) is 6.92 Å². The molecule has 17 heavy (non-hydrogen) atoms. The van der Waals surface area contributed by atoms with Crippen LogP contribution in [-0.4, -0.2) is 30.0 Å². The van der Waals surface area contributed by atoms with Crippen molar-refractivity contribution in [3.63, 3.8) is 0 Å². The van der Waals surface area contributed by atoms with Crippen molar-refractivity contribution in [2.45, 2.75) is 19.4 Å². The lowest BCUT2D eigenvalue weighted by molar-refractivity contribution is 0.415. The molecule has 1 atom stereocenters. The van der Waals surface area contributed by atoms with Crippen LogP contribution in [0.15, 0.2) is 18.2 Å². The molecule has 0 radical (unpaired) electrons. The summed E-state index contributed by atoms with van der Waals surface area (Å²) in [6.45, 7) is 4.16. The third kappa shape index (κ3) is 1.69. The molecule has 3 rings (SSSR count). The average Bonchev–Trinajstić information content (AvgIpc) is 2.97. The van der Waals surface area contributed by atoms with Crippen LogP contribution in [-0.2, 0) is 0 Å². The first-order valence-corrected chi connectivity index (χ1v) is 6.03. The molecule has 4 nitrogen and oxygen atoms in total. The summed E-state index contributed by atoms with van der Waals surface area (Å²) in [7, 11) is 1.70. The van der Waals surface area contributed by atoms with Crippen LogP contribution in [0.25, 0.3) is 10.9 Å². The van der Waals surface area contributed by atoms with Gasteiger partial charge in [-0.25, -0.2) is 0 Å². The van der Waals surface area contributed by atoms with Crippen molar-refractivity contribution < 1.29 is 4.74 Å². The summed E-state index contributed by atoms with van der Waals surface area (Å²) in [4.78, 5) is 0. The predicted octanol–water partition coefficient (Wildman–Crippen LogP) is 1.89. The average molecular weight is 231 g/mol. The second-order valence-electron chi connectivity index (χ2n) is 4.56. The number of hydrogen-bond acceptors (Lipinski definition) is 3. The van der Waals surface area contributed by atoms with Gasteiger partial charge in [0.2, 0.25) is 0 Å². The fraction of sp³-hybridized carbons (Fsp3) is 0.462. The van der Waals surface area contributed by atoms with E-state index in [1.54, 1.807) is 7.11 Å². The van der Waals surface area contributed by atoms with Gasteiger partial charge in [0.05, 0.1) is 24.4 Å². The zero-order valence-electron chi connectivity index (χ0n) is 10.2. The molecule has 1 N–H and O–H groups in total. The van der Waals surface area contributed by atoms with Crippen molar-refractivity contribution in [2.75, 3.05) is 20.2 Å². The smallest absolute Gasteiger partial charge is 0.119 e. The molecule has 1 saturated heterocycles. The molecule has 4 heteroatoms. The fourth-order valence-electron chi connectivity index (χ4n) is 2.53. The maximum Gasteiger partial charge on any atom is 0.119 e. The van der Waals surface area contributed by atoms with Crippen LogP contribution in [0.2, 0.25) is 0 Å². The molecule has 0 amide bonds. The molecule has 1 aromatic carbocycles. The maximum absolute atomic E-state index is 5.26. The van der Waals surface area contributed by atoms with Gasteiger partial charge in [0.15, 0.2) is 0 Å². The van der Waals surface area contributed by atoms with E-state index in [0.717, 1.165) is 31.0 Å². The standard InChI is InChI=1S/C13H17N3O/c1-9-12-7-11(17-2)3-4-13(12)16(15-9)10-5-6-14-8-10/h3-4,7,10,14H,5-6,8H2,1-2H3. The van der Waals surface area contributed by atoms with E-state index < -0.39 is 0 Å². The lowest BCUT2D eigenvalue weighted by atomic mass is 10.2. The number of aromatic nitrogens is 2. The minimum Gasteiger partial charge on any atom is -0.497 e. The Labute approximate surface area is 101 Å². The van der Waals surface area contributed by atoms with E-state index in [1.807, 2.05) is 6.07 Å². The molecule has 2 aromatic rings. The van der Waals surface area contributed by atoms with E-state index in [2.05, 4.69) is 34.2 Å². The first kappa shape index (κ1) is 10.6. The van der Waals surface area contributed by atoms with Crippen LogP contribution in [0.3, 0.4) is 0 Å². The molecule has 90 valence electrons. The van der Waals surface area contributed by atoms with E-state index in [0.29, 0.717) is 6.04 Å². The molecule has 0 bridgehead atoms. The highest BCUT2D eigenvalue weighted by atomic mass is 16.5. The van der Waals surface area contributed by atoms with E-state index in [1.165, 1.54) is 10.9 Å². The summed E-state index contributed by atoms with van der Waals surface area (Å²) in [5, 5.41) is 9.24. The number of methoxy groups -OCH3 is 1. The van der Waals surface area contributed by atoms with Gasteiger partial charge in [-0.15, -0.1) is 0 Å². The Kier molecular flexibility index (Phi) is 2.52. The minimum atomic E-state index is 0.486. The predicted molar refractivity (Wildman–Crippen MR) is 67.5 cm³/mol. The van der Waals surface area contributed by atoms with Gasteiger partial charge >= 0.3 is 0 Å². The van der Waals surface area contributed by atoms with Crippen molar-refractivity contribution >= 4 is 10.9 Å². The quantitative estimate of drug-likeness (QED) is 0.857. The summed E-state index contributed by atoms with van der Waals surface area (Å²) in [5.41, 5.74) is 2.28. The number of rotatable bonds is 2. The zero-order valence-corrected chi connectivity index (χ0v) is 10.2. The van der Waals surface area contributed by atoms with Crippen LogP contribution in [0.1, 0.15) is 18.2 Å². The van der Waals surface area contributed by atoms with Crippen molar-refractivity contribution in [3.8, 4) is 5.75 Å². The Bertz CT molecular complexity index is 541. The van der Waals surface area contributed by atoms with Crippen LogP contribution in [0.5, 0.6) is 5.75 Å². The van der Waals surface area contributed by atoms with E-state index in [4.69, 9.17) is 4.74 Å².